The maximum atomic E-state index is 2.46. The molecule has 0 radical (unpaired) electrons. The number of benzene rings is 10. The van der Waals surface area contributed by atoms with Crippen LogP contribution in [0.3, 0.4) is 0 Å². The lowest BCUT2D eigenvalue weighted by molar-refractivity contribution is 1.18. The van der Waals surface area contributed by atoms with Crippen LogP contribution in [-0.4, -0.2) is 9.13 Å². The third-order valence-electron chi connectivity index (χ3n) is 12.6. The molecule has 0 atom stereocenters. The number of hydrogen-bond acceptors (Lipinski definition) is 0. The molecule has 2 aromatic heterocycles. The van der Waals surface area contributed by atoms with Gasteiger partial charge in [0.25, 0.3) is 0 Å². The lowest BCUT2D eigenvalue weighted by Crippen LogP contribution is -1.95. The van der Waals surface area contributed by atoms with E-state index >= 15 is 0 Å². The molecule has 13 rings (SSSR count). The predicted octanol–water partition coefficient (Wildman–Crippen LogP) is 15.2. The smallest absolute Gasteiger partial charge is 0.0619 e. The van der Waals surface area contributed by atoms with Crippen molar-refractivity contribution in [3.05, 3.63) is 206 Å². The van der Waals surface area contributed by atoms with Crippen LogP contribution in [0.25, 0.3) is 121 Å². The molecular formula is C56H34N2. The number of hydrogen-bond donors (Lipinski definition) is 0. The first-order chi connectivity index (χ1) is 28.8. The van der Waals surface area contributed by atoms with Crippen molar-refractivity contribution in [3.63, 3.8) is 0 Å². The minimum atomic E-state index is 1.15. The summed E-state index contributed by atoms with van der Waals surface area (Å²) in [6, 6.07) is 76.2. The number of nitrogens with zero attached hydrogens (tertiary/aromatic N) is 2. The fourth-order valence-electron chi connectivity index (χ4n) is 10.1. The number of fused-ring (bicyclic) bond motifs is 11. The molecular weight excluding hydrogens is 701 g/mol. The largest absolute Gasteiger partial charge is 0.309 e. The van der Waals surface area contributed by atoms with E-state index in [1.807, 2.05) is 0 Å². The van der Waals surface area contributed by atoms with E-state index in [1.54, 1.807) is 0 Å². The summed E-state index contributed by atoms with van der Waals surface area (Å²) < 4.78 is 4.89. The highest BCUT2D eigenvalue weighted by molar-refractivity contribution is 6.20. The van der Waals surface area contributed by atoms with Gasteiger partial charge in [0.15, 0.2) is 0 Å². The van der Waals surface area contributed by atoms with Gasteiger partial charge in [0.2, 0.25) is 0 Å². The van der Waals surface area contributed by atoms with Gasteiger partial charge in [-0.05, 0) is 109 Å². The van der Waals surface area contributed by atoms with Crippen LogP contribution < -0.4 is 0 Å². The third-order valence-corrected chi connectivity index (χ3v) is 12.6. The van der Waals surface area contributed by atoms with Crippen molar-refractivity contribution in [1.29, 1.82) is 0 Å². The maximum Gasteiger partial charge on any atom is 0.0619 e. The molecule has 0 fully saturated rings. The van der Waals surface area contributed by atoms with E-state index in [1.165, 1.54) is 115 Å². The Kier molecular flexibility index (Phi) is 6.47. The van der Waals surface area contributed by atoms with Crippen LogP contribution in [0.2, 0.25) is 0 Å². The summed E-state index contributed by atoms with van der Waals surface area (Å²) in [6.07, 6.45) is 0. The lowest BCUT2D eigenvalue weighted by Gasteiger charge is -2.13. The molecule has 0 amide bonds. The molecule has 10 aromatic carbocycles. The van der Waals surface area contributed by atoms with E-state index in [2.05, 4.69) is 215 Å². The van der Waals surface area contributed by atoms with Gasteiger partial charge in [-0.25, -0.2) is 0 Å². The van der Waals surface area contributed by atoms with Crippen LogP contribution in [0.5, 0.6) is 0 Å². The molecule has 0 unspecified atom stereocenters. The first-order valence-corrected chi connectivity index (χ1v) is 20.1. The van der Waals surface area contributed by atoms with Gasteiger partial charge in [-0.3, -0.25) is 0 Å². The highest BCUT2D eigenvalue weighted by Gasteiger charge is 2.23. The van der Waals surface area contributed by atoms with E-state index in [-0.39, 0.29) is 0 Å². The molecule has 0 saturated heterocycles. The van der Waals surface area contributed by atoms with Crippen molar-refractivity contribution in [2.75, 3.05) is 0 Å². The monoisotopic (exact) mass is 734 g/mol. The van der Waals surface area contributed by atoms with E-state index in [4.69, 9.17) is 0 Å². The minimum Gasteiger partial charge on any atom is -0.309 e. The van der Waals surface area contributed by atoms with E-state index in [0.29, 0.717) is 0 Å². The molecule has 2 heterocycles. The van der Waals surface area contributed by atoms with Crippen molar-refractivity contribution in [2.24, 2.45) is 0 Å². The van der Waals surface area contributed by atoms with E-state index < -0.39 is 0 Å². The molecule has 0 spiro atoms. The molecule has 0 bridgehead atoms. The van der Waals surface area contributed by atoms with Crippen LogP contribution in [0.1, 0.15) is 0 Å². The van der Waals surface area contributed by atoms with Gasteiger partial charge in [-0.1, -0.05) is 158 Å². The van der Waals surface area contributed by atoms with E-state index in [0.717, 1.165) is 5.69 Å². The van der Waals surface area contributed by atoms with Gasteiger partial charge >= 0.3 is 0 Å². The molecule has 2 heteroatoms. The van der Waals surface area contributed by atoms with Gasteiger partial charge in [-0.2, -0.15) is 0 Å². The number of aromatic nitrogens is 2. The number of para-hydroxylation sites is 2. The summed E-state index contributed by atoms with van der Waals surface area (Å²) >= 11 is 0. The highest BCUT2D eigenvalue weighted by Crippen LogP contribution is 2.49. The van der Waals surface area contributed by atoms with Crippen molar-refractivity contribution in [2.45, 2.75) is 0 Å². The molecule has 268 valence electrons. The Morgan fingerprint density at radius 2 is 0.879 bits per heavy atom. The van der Waals surface area contributed by atoms with Gasteiger partial charge in [-0.15, -0.1) is 0 Å². The van der Waals surface area contributed by atoms with Crippen LogP contribution in [0.4, 0.5) is 0 Å². The molecule has 0 aliphatic heterocycles. The Labute approximate surface area is 335 Å². The van der Waals surface area contributed by atoms with Crippen LogP contribution >= 0.6 is 0 Å². The fraction of sp³-hybridized carbons (Fsp3) is 0. The first-order valence-electron chi connectivity index (χ1n) is 20.1. The standard InChI is InChI=1S/C56H34N2/c1-2-14-39(15-3-1)58-53-31-26-36(33-51(53)50-28-24-35-12-4-5-17-42(35)56(50)58)37-25-27-46-45-20-8-9-23-52(45)57(54(46)34-37)40-16-10-13-38(32-40)41-29-30-49-44-19-7-6-18-43(44)48-22-11-21-47(41)55(48)49/h1-34H. The average molecular weight is 735 g/mol. The second-order valence-corrected chi connectivity index (χ2v) is 15.7. The van der Waals surface area contributed by atoms with Gasteiger partial charge in [0.1, 0.15) is 0 Å². The summed E-state index contributed by atoms with van der Waals surface area (Å²) in [5, 5.41) is 10.2. The molecule has 0 N–H and O–H groups in total. The van der Waals surface area contributed by atoms with Crippen molar-refractivity contribution in [3.8, 4) is 55.9 Å². The Hall–Kier alpha value is -7.68. The first kappa shape index (κ1) is 31.5. The number of rotatable bonds is 4. The van der Waals surface area contributed by atoms with Crippen LogP contribution in [0.15, 0.2) is 206 Å². The lowest BCUT2D eigenvalue weighted by atomic mass is 9.94. The van der Waals surface area contributed by atoms with Crippen LogP contribution in [-0.2, 0) is 0 Å². The summed E-state index contributed by atoms with van der Waals surface area (Å²) in [6.45, 7) is 0. The van der Waals surface area contributed by atoms with Gasteiger partial charge in [0, 0.05) is 38.3 Å². The highest BCUT2D eigenvalue weighted by atomic mass is 15.0. The molecule has 58 heavy (non-hydrogen) atoms. The predicted molar refractivity (Wildman–Crippen MR) is 245 cm³/mol. The summed E-state index contributed by atoms with van der Waals surface area (Å²) in [7, 11) is 0. The van der Waals surface area contributed by atoms with Gasteiger partial charge in [0.05, 0.1) is 22.1 Å². The van der Waals surface area contributed by atoms with Crippen molar-refractivity contribution in [1.82, 2.24) is 9.13 Å². The van der Waals surface area contributed by atoms with Crippen molar-refractivity contribution < 1.29 is 0 Å². The molecule has 2 nitrogen and oxygen atoms in total. The Bertz CT molecular complexity index is 3650. The normalized spacial score (nSPS) is 12.1. The maximum absolute atomic E-state index is 2.46. The van der Waals surface area contributed by atoms with E-state index in [9.17, 15) is 0 Å². The topological polar surface area (TPSA) is 9.86 Å². The van der Waals surface area contributed by atoms with Gasteiger partial charge < -0.3 is 9.13 Å². The quantitative estimate of drug-likeness (QED) is 0.170. The average Bonchev–Trinajstić information content (AvgIpc) is 3.93. The molecule has 1 aliphatic carbocycles. The van der Waals surface area contributed by atoms with Crippen molar-refractivity contribution >= 4 is 65.2 Å². The minimum absolute atomic E-state index is 1.15. The molecule has 1 aliphatic rings. The summed E-state index contributed by atoms with van der Waals surface area (Å²) in [5.74, 6) is 0. The zero-order valence-corrected chi connectivity index (χ0v) is 31.5. The Morgan fingerprint density at radius 3 is 1.78 bits per heavy atom. The Morgan fingerprint density at radius 1 is 0.259 bits per heavy atom. The Balaban J connectivity index is 0.998. The summed E-state index contributed by atoms with van der Waals surface area (Å²) in [5.41, 5.74) is 17.4. The zero-order valence-electron chi connectivity index (χ0n) is 31.5. The summed E-state index contributed by atoms with van der Waals surface area (Å²) in [4.78, 5) is 0. The molecule has 12 aromatic rings. The SMILES string of the molecule is c1ccc(-n2c3ccc(-c4ccc5c6ccccc6n(-c6cccc(-c7ccc8c9c(cccc79)-c7ccccc7-8)c6)c5c4)cc3c3ccc4ccccc4c32)cc1. The zero-order chi connectivity index (χ0) is 37.9. The molecule has 0 saturated carbocycles. The third kappa shape index (κ3) is 4.37. The fourth-order valence-corrected chi connectivity index (χ4v) is 10.1. The second kappa shape index (κ2) is 11.9. The second-order valence-electron chi connectivity index (χ2n) is 15.7. The van der Waals surface area contributed by atoms with Crippen LogP contribution in [0, 0.1) is 0 Å².